The van der Waals surface area contributed by atoms with Crippen molar-refractivity contribution in [3.63, 3.8) is 0 Å². The van der Waals surface area contributed by atoms with Gasteiger partial charge in [0.2, 0.25) is 10.0 Å². The lowest BCUT2D eigenvalue weighted by atomic mass is 10.2. The van der Waals surface area contributed by atoms with Crippen molar-refractivity contribution >= 4 is 27.9 Å². The predicted octanol–water partition coefficient (Wildman–Crippen LogP) is 1.83. The van der Waals surface area contributed by atoms with Crippen LogP contribution in [0.15, 0.2) is 59.5 Å². The number of rotatable bonds is 9. The highest BCUT2D eigenvalue weighted by atomic mass is 32.2. The van der Waals surface area contributed by atoms with Gasteiger partial charge in [0, 0.05) is 19.2 Å². The van der Waals surface area contributed by atoms with E-state index in [-0.39, 0.29) is 11.5 Å². The van der Waals surface area contributed by atoms with E-state index in [1.807, 2.05) is 6.07 Å². The fourth-order valence-electron chi connectivity index (χ4n) is 2.62. The molecule has 32 heavy (non-hydrogen) atoms. The van der Waals surface area contributed by atoms with Gasteiger partial charge in [-0.05, 0) is 48.0 Å². The molecule has 0 heterocycles. The summed E-state index contributed by atoms with van der Waals surface area (Å²) in [5, 5.41) is 8.74. The zero-order chi connectivity index (χ0) is 23.6. The highest BCUT2D eigenvalue weighted by molar-refractivity contribution is 7.89. The van der Waals surface area contributed by atoms with Crippen molar-refractivity contribution < 1.29 is 22.7 Å². The minimum atomic E-state index is -3.54. The quantitative estimate of drug-likeness (QED) is 0.438. The van der Waals surface area contributed by atoms with Crippen molar-refractivity contribution in [1.82, 2.24) is 15.2 Å². The van der Waals surface area contributed by atoms with Gasteiger partial charge in [0.05, 0.1) is 16.5 Å². The Morgan fingerprint density at radius 2 is 1.66 bits per heavy atom. The Kier molecular flexibility index (Phi) is 8.95. The number of benzene rings is 2. The largest absolute Gasteiger partial charge is 0.484 e. The Labute approximate surface area is 187 Å². The summed E-state index contributed by atoms with van der Waals surface area (Å²) in [5.74, 6) is -0.726. The number of hydrogen-bond donors (Lipinski definition) is 2. The molecule has 0 radical (unpaired) electrons. The molecule has 0 aliphatic heterocycles. The molecule has 0 unspecified atom stereocenters. The first-order valence-corrected chi connectivity index (χ1v) is 11.2. The van der Waals surface area contributed by atoms with Crippen molar-refractivity contribution in [2.45, 2.75) is 18.7 Å². The van der Waals surface area contributed by atoms with Crippen LogP contribution >= 0.6 is 0 Å². The van der Waals surface area contributed by atoms with Crippen LogP contribution in [0.1, 0.15) is 25.0 Å². The first-order valence-electron chi connectivity index (χ1n) is 9.80. The summed E-state index contributed by atoms with van der Waals surface area (Å²) in [6.07, 6.45) is 2.69. The molecule has 0 fully saturated rings. The van der Waals surface area contributed by atoms with Gasteiger partial charge >= 0.3 is 0 Å². The van der Waals surface area contributed by atoms with Gasteiger partial charge in [-0.25, -0.2) is 8.42 Å². The molecule has 0 bridgehead atoms. The summed E-state index contributed by atoms with van der Waals surface area (Å²) in [6, 6.07) is 14.4. The third kappa shape index (κ3) is 6.94. The van der Waals surface area contributed by atoms with Crippen LogP contribution in [0, 0.1) is 11.3 Å². The number of carbonyl (C=O) groups is 2. The zero-order valence-corrected chi connectivity index (χ0v) is 18.6. The molecule has 0 saturated carbocycles. The normalized spacial score (nSPS) is 11.2. The van der Waals surface area contributed by atoms with E-state index in [1.165, 1.54) is 28.6 Å². The van der Waals surface area contributed by atoms with Crippen molar-refractivity contribution in [2.75, 3.05) is 19.7 Å². The highest BCUT2D eigenvalue weighted by Gasteiger charge is 2.20. The highest BCUT2D eigenvalue weighted by Crippen LogP contribution is 2.16. The van der Waals surface area contributed by atoms with Crippen LogP contribution in [0.4, 0.5) is 0 Å². The van der Waals surface area contributed by atoms with Crippen molar-refractivity contribution in [3.8, 4) is 11.8 Å². The third-order valence-electron chi connectivity index (χ3n) is 4.33. The van der Waals surface area contributed by atoms with E-state index in [2.05, 4.69) is 10.9 Å². The summed E-state index contributed by atoms with van der Waals surface area (Å²) >= 11 is 0. The lowest BCUT2D eigenvalue weighted by Gasteiger charge is -2.18. The predicted molar refractivity (Wildman–Crippen MR) is 119 cm³/mol. The van der Waals surface area contributed by atoms with Crippen molar-refractivity contribution in [3.05, 3.63) is 65.7 Å². The maximum Gasteiger partial charge on any atom is 0.276 e. The molecular formula is C22H24N4O5S. The summed E-state index contributed by atoms with van der Waals surface area (Å²) in [6.45, 7) is 3.98. The maximum atomic E-state index is 12.5. The summed E-state index contributed by atoms with van der Waals surface area (Å²) in [7, 11) is -3.54. The van der Waals surface area contributed by atoms with E-state index in [1.54, 1.807) is 50.2 Å². The number of hydrazine groups is 1. The Balaban J connectivity index is 1.82. The summed E-state index contributed by atoms with van der Waals surface area (Å²) in [4.78, 5) is 23.8. The average Bonchev–Trinajstić information content (AvgIpc) is 2.81. The molecule has 0 aliphatic carbocycles. The molecule has 0 atom stereocenters. The van der Waals surface area contributed by atoms with Crippen molar-refractivity contribution in [1.29, 1.82) is 5.26 Å². The van der Waals surface area contributed by atoms with E-state index < -0.39 is 21.8 Å². The van der Waals surface area contributed by atoms with E-state index in [0.29, 0.717) is 30.0 Å². The minimum absolute atomic E-state index is 0.178. The number of amides is 2. The molecule has 0 saturated heterocycles. The Bertz CT molecular complexity index is 1100. The smallest absolute Gasteiger partial charge is 0.276 e. The molecule has 2 amide bonds. The first kappa shape index (κ1) is 24.6. The van der Waals surface area contributed by atoms with Gasteiger partial charge in [-0.1, -0.05) is 26.0 Å². The standard InChI is InChI=1S/C22H24N4O5S/c1-3-26(4-2)32(29,30)20-12-7-17(8-13-20)9-14-21(27)24-25-22(28)16-31-19-10-5-18(15-23)6-11-19/h5-14H,3-4,16H2,1-2H3,(H,24,27)(H,25,28)/b14-9+. The number of hydrogen-bond acceptors (Lipinski definition) is 6. The number of nitrogens with one attached hydrogen (secondary N) is 2. The second-order valence-corrected chi connectivity index (χ2v) is 8.39. The number of nitrogens with zero attached hydrogens (tertiary/aromatic N) is 2. The van der Waals surface area contributed by atoms with Gasteiger partial charge in [0.15, 0.2) is 6.61 Å². The van der Waals surface area contributed by atoms with E-state index in [4.69, 9.17) is 10.00 Å². The summed E-state index contributed by atoms with van der Waals surface area (Å²) < 4.78 is 31.6. The molecule has 2 aromatic rings. The number of sulfonamides is 1. The lowest BCUT2D eigenvalue weighted by Crippen LogP contribution is -2.43. The average molecular weight is 457 g/mol. The topological polar surface area (TPSA) is 129 Å². The number of nitriles is 1. The molecule has 0 aliphatic rings. The Morgan fingerprint density at radius 1 is 1.03 bits per heavy atom. The zero-order valence-electron chi connectivity index (χ0n) is 17.7. The fourth-order valence-corrected chi connectivity index (χ4v) is 4.08. The van der Waals surface area contributed by atoms with Crippen LogP contribution < -0.4 is 15.6 Å². The molecule has 2 rings (SSSR count). The molecule has 0 spiro atoms. The van der Waals surface area contributed by atoms with Crippen LogP contribution in [0.3, 0.4) is 0 Å². The van der Waals surface area contributed by atoms with E-state index in [0.717, 1.165) is 0 Å². The monoisotopic (exact) mass is 456 g/mol. The maximum absolute atomic E-state index is 12.5. The second kappa shape index (κ2) is 11.6. The molecule has 10 heteroatoms. The minimum Gasteiger partial charge on any atom is -0.484 e. The second-order valence-electron chi connectivity index (χ2n) is 6.45. The van der Waals surface area contributed by atoms with Crippen LogP contribution in [-0.2, 0) is 19.6 Å². The van der Waals surface area contributed by atoms with Crippen LogP contribution in [0.2, 0.25) is 0 Å². The molecule has 9 nitrogen and oxygen atoms in total. The Morgan fingerprint density at radius 3 is 2.22 bits per heavy atom. The fraction of sp³-hybridized carbons (Fsp3) is 0.227. The Hall–Kier alpha value is -3.68. The molecule has 168 valence electrons. The number of ether oxygens (including phenoxy) is 1. The molecular weight excluding hydrogens is 432 g/mol. The SMILES string of the molecule is CCN(CC)S(=O)(=O)c1ccc(/C=C/C(=O)NNC(=O)COc2ccc(C#N)cc2)cc1. The third-order valence-corrected chi connectivity index (χ3v) is 6.39. The van der Waals surface area contributed by atoms with Crippen LogP contribution in [-0.4, -0.2) is 44.2 Å². The summed E-state index contributed by atoms with van der Waals surface area (Å²) in [5.41, 5.74) is 5.53. The molecule has 2 aromatic carbocycles. The van der Waals surface area contributed by atoms with Gasteiger partial charge in [-0.3, -0.25) is 20.4 Å². The molecule has 0 aromatic heterocycles. The van der Waals surface area contributed by atoms with Crippen LogP contribution in [0.5, 0.6) is 5.75 Å². The van der Waals surface area contributed by atoms with E-state index in [9.17, 15) is 18.0 Å². The van der Waals surface area contributed by atoms with Crippen molar-refractivity contribution in [2.24, 2.45) is 0 Å². The number of carbonyl (C=O) groups excluding carboxylic acids is 2. The van der Waals surface area contributed by atoms with E-state index >= 15 is 0 Å². The van der Waals surface area contributed by atoms with Crippen LogP contribution in [0.25, 0.3) is 6.08 Å². The van der Waals surface area contributed by atoms with Gasteiger partial charge in [0.1, 0.15) is 5.75 Å². The molecule has 2 N–H and O–H groups in total. The van der Waals surface area contributed by atoms with Gasteiger partial charge in [0.25, 0.3) is 11.8 Å². The van der Waals surface area contributed by atoms with Gasteiger partial charge in [-0.15, -0.1) is 0 Å². The van der Waals surface area contributed by atoms with Gasteiger partial charge < -0.3 is 4.74 Å². The van der Waals surface area contributed by atoms with Gasteiger partial charge in [-0.2, -0.15) is 9.57 Å². The lowest BCUT2D eigenvalue weighted by molar-refractivity contribution is -0.128. The first-order chi connectivity index (χ1) is 15.3.